The lowest BCUT2D eigenvalue weighted by Crippen LogP contribution is -2.21. The third-order valence-electron chi connectivity index (χ3n) is 4.28. The predicted molar refractivity (Wildman–Crippen MR) is 87.8 cm³/mol. The highest BCUT2D eigenvalue weighted by molar-refractivity contribution is 5.69. The third kappa shape index (κ3) is 4.28. The molecule has 6 heteroatoms. The fraction of sp³-hybridized carbons (Fsp3) is 0.444. The maximum atomic E-state index is 11.9. The summed E-state index contributed by atoms with van der Waals surface area (Å²) >= 11 is 0. The molecule has 24 heavy (non-hydrogen) atoms. The number of carbonyl (C=O) groups is 1. The number of pyridine rings is 1. The molecular formula is C18H21N3O3. The van der Waals surface area contributed by atoms with Crippen molar-refractivity contribution < 1.29 is 14.1 Å². The number of rotatable bonds is 6. The molecule has 0 amide bonds. The number of esters is 1. The Morgan fingerprint density at radius 2 is 2.21 bits per heavy atom. The van der Waals surface area contributed by atoms with Crippen molar-refractivity contribution in [2.75, 3.05) is 6.61 Å². The largest absolute Gasteiger partial charge is 0.465 e. The minimum atomic E-state index is -0.227. The zero-order valence-electron chi connectivity index (χ0n) is 13.7. The van der Waals surface area contributed by atoms with E-state index in [1.165, 1.54) is 0 Å². The summed E-state index contributed by atoms with van der Waals surface area (Å²) in [6.45, 7) is 2.67. The van der Waals surface area contributed by atoms with Crippen LogP contribution < -0.4 is 0 Å². The van der Waals surface area contributed by atoms with Gasteiger partial charge in [0.05, 0.1) is 13.0 Å². The van der Waals surface area contributed by atoms with Crippen LogP contribution in [0.3, 0.4) is 0 Å². The molecule has 0 N–H and O–H groups in total. The molecule has 0 radical (unpaired) electrons. The molecule has 1 aliphatic carbocycles. The molecule has 0 bridgehead atoms. The highest BCUT2D eigenvalue weighted by Crippen LogP contribution is 2.25. The summed E-state index contributed by atoms with van der Waals surface area (Å²) < 4.78 is 10.6. The smallest absolute Gasteiger partial charge is 0.306 e. The van der Waals surface area contributed by atoms with Gasteiger partial charge >= 0.3 is 5.97 Å². The molecule has 2 heterocycles. The molecule has 1 aliphatic rings. The Kier molecular flexibility index (Phi) is 5.36. The zero-order valence-corrected chi connectivity index (χ0v) is 13.7. The minimum absolute atomic E-state index is 0.227. The van der Waals surface area contributed by atoms with Crippen LogP contribution in [0.25, 0.3) is 11.5 Å². The van der Waals surface area contributed by atoms with Crippen LogP contribution in [0.5, 0.6) is 0 Å². The van der Waals surface area contributed by atoms with E-state index in [-0.39, 0.29) is 12.4 Å². The molecule has 2 aromatic rings. The van der Waals surface area contributed by atoms with E-state index in [0.29, 0.717) is 42.3 Å². The van der Waals surface area contributed by atoms with E-state index in [2.05, 4.69) is 34.2 Å². The lowest BCUT2D eigenvalue weighted by molar-refractivity contribution is -0.145. The van der Waals surface area contributed by atoms with Gasteiger partial charge in [0, 0.05) is 12.6 Å². The third-order valence-corrected chi connectivity index (χ3v) is 4.28. The van der Waals surface area contributed by atoms with E-state index in [4.69, 9.17) is 9.26 Å². The second-order valence-electron chi connectivity index (χ2n) is 6.09. The van der Waals surface area contributed by atoms with Gasteiger partial charge < -0.3 is 9.26 Å². The Balaban J connectivity index is 1.45. The van der Waals surface area contributed by atoms with E-state index >= 15 is 0 Å². The monoisotopic (exact) mass is 327 g/mol. The lowest BCUT2D eigenvalue weighted by Gasteiger charge is -2.24. The van der Waals surface area contributed by atoms with E-state index in [0.717, 1.165) is 12.8 Å². The molecule has 2 unspecified atom stereocenters. The van der Waals surface area contributed by atoms with Gasteiger partial charge in [-0.15, -0.1) is 0 Å². The summed E-state index contributed by atoms with van der Waals surface area (Å²) in [6, 6.07) is 5.49. The highest BCUT2D eigenvalue weighted by atomic mass is 16.5. The van der Waals surface area contributed by atoms with Gasteiger partial charge in [-0.05, 0) is 36.8 Å². The molecule has 0 fully saturated rings. The second kappa shape index (κ2) is 7.86. The van der Waals surface area contributed by atoms with Crippen LogP contribution in [0.15, 0.2) is 41.1 Å². The molecule has 0 saturated heterocycles. The Hall–Kier alpha value is -2.50. The van der Waals surface area contributed by atoms with Crippen molar-refractivity contribution in [3.63, 3.8) is 0 Å². The van der Waals surface area contributed by atoms with Crippen LogP contribution in [-0.2, 0) is 16.0 Å². The van der Waals surface area contributed by atoms with Crippen LogP contribution in [-0.4, -0.2) is 27.7 Å². The van der Waals surface area contributed by atoms with E-state index in [9.17, 15) is 4.79 Å². The average Bonchev–Trinajstić information content (AvgIpc) is 3.09. The van der Waals surface area contributed by atoms with Gasteiger partial charge in [0.2, 0.25) is 11.7 Å². The van der Waals surface area contributed by atoms with Gasteiger partial charge in [0.1, 0.15) is 5.69 Å². The van der Waals surface area contributed by atoms with Crippen LogP contribution >= 0.6 is 0 Å². The van der Waals surface area contributed by atoms with Crippen LogP contribution in [0.4, 0.5) is 0 Å². The first-order valence-electron chi connectivity index (χ1n) is 8.27. The van der Waals surface area contributed by atoms with Crippen LogP contribution in [0.1, 0.15) is 32.1 Å². The quantitative estimate of drug-likeness (QED) is 0.599. The topological polar surface area (TPSA) is 78.1 Å². The Bertz CT molecular complexity index is 697. The zero-order chi connectivity index (χ0) is 16.8. The standard InChI is InChI=1S/C18H21N3O3/c1-13-6-2-3-7-14(13)12-23-17(22)10-9-16-20-18(21-24-16)15-8-4-5-11-19-15/h2-5,8,11,13-14H,6-7,9-10,12H2,1H3. The molecule has 2 atom stereocenters. The van der Waals surface area contributed by atoms with Crippen molar-refractivity contribution in [1.29, 1.82) is 0 Å². The molecule has 2 aromatic heterocycles. The van der Waals surface area contributed by atoms with Crippen molar-refractivity contribution in [2.45, 2.75) is 32.6 Å². The maximum Gasteiger partial charge on any atom is 0.306 e. The van der Waals surface area contributed by atoms with Crippen LogP contribution in [0.2, 0.25) is 0 Å². The molecule has 126 valence electrons. The summed E-state index contributed by atoms with van der Waals surface area (Å²) in [5.74, 6) is 1.59. The van der Waals surface area contributed by atoms with Crippen molar-refractivity contribution in [3.8, 4) is 11.5 Å². The number of aromatic nitrogens is 3. The number of hydrogen-bond acceptors (Lipinski definition) is 6. The summed E-state index contributed by atoms with van der Waals surface area (Å²) in [5, 5.41) is 3.89. The Labute approximate surface area is 140 Å². The number of carbonyl (C=O) groups excluding carboxylic acids is 1. The van der Waals surface area contributed by atoms with Gasteiger partial charge in [0.25, 0.3) is 0 Å². The van der Waals surface area contributed by atoms with E-state index in [1.807, 2.05) is 18.2 Å². The summed E-state index contributed by atoms with van der Waals surface area (Å²) in [5.41, 5.74) is 0.648. The van der Waals surface area contributed by atoms with Gasteiger partial charge in [-0.3, -0.25) is 9.78 Å². The predicted octanol–water partition coefficient (Wildman–Crippen LogP) is 3.21. The molecule has 0 spiro atoms. The number of allylic oxidation sites excluding steroid dienone is 2. The van der Waals surface area contributed by atoms with Crippen molar-refractivity contribution >= 4 is 5.97 Å². The molecule has 0 saturated carbocycles. The highest BCUT2D eigenvalue weighted by Gasteiger charge is 2.20. The van der Waals surface area contributed by atoms with Crippen LogP contribution in [0, 0.1) is 11.8 Å². The number of aryl methyl sites for hydroxylation is 1. The van der Waals surface area contributed by atoms with Gasteiger partial charge in [-0.1, -0.05) is 30.3 Å². The average molecular weight is 327 g/mol. The lowest BCUT2D eigenvalue weighted by atomic mass is 9.85. The molecule has 3 rings (SSSR count). The molecule has 0 aromatic carbocycles. The van der Waals surface area contributed by atoms with Gasteiger partial charge in [0.15, 0.2) is 0 Å². The Morgan fingerprint density at radius 1 is 1.33 bits per heavy atom. The van der Waals surface area contributed by atoms with Crippen molar-refractivity contribution in [3.05, 3.63) is 42.4 Å². The summed E-state index contributed by atoms with van der Waals surface area (Å²) in [6.07, 6.45) is 8.67. The van der Waals surface area contributed by atoms with Gasteiger partial charge in [-0.25, -0.2) is 0 Å². The second-order valence-corrected chi connectivity index (χ2v) is 6.09. The normalized spacial score (nSPS) is 20.0. The number of hydrogen-bond donors (Lipinski definition) is 0. The van der Waals surface area contributed by atoms with E-state index < -0.39 is 0 Å². The molecule has 0 aliphatic heterocycles. The van der Waals surface area contributed by atoms with Gasteiger partial charge in [-0.2, -0.15) is 4.98 Å². The van der Waals surface area contributed by atoms with Crippen molar-refractivity contribution in [1.82, 2.24) is 15.1 Å². The SMILES string of the molecule is CC1CC=CCC1COC(=O)CCc1nc(-c2ccccn2)no1. The number of nitrogens with zero attached hydrogens (tertiary/aromatic N) is 3. The Morgan fingerprint density at radius 3 is 3.00 bits per heavy atom. The molecular weight excluding hydrogens is 306 g/mol. The van der Waals surface area contributed by atoms with E-state index in [1.54, 1.807) is 6.20 Å². The van der Waals surface area contributed by atoms with Crippen molar-refractivity contribution in [2.24, 2.45) is 11.8 Å². The first-order valence-corrected chi connectivity index (χ1v) is 8.27. The first-order chi connectivity index (χ1) is 11.7. The fourth-order valence-electron chi connectivity index (χ4n) is 2.68. The number of ether oxygens (including phenoxy) is 1. The molecule has 6 nitrogen and oxygen atoms in total. The first kappa shape index (κ1) is 16.4. The minimum Gasteiger partial charge on any atom is -0.465 e. The fourth-order valence-corrected chi connectivity index (χ4v) is 2.68. The maximum absolute atomic E-state index is 11.9. The summed E-state index contributed by atoms with van der Waals surface area (Å²) in [7, 11) is 0. The summed E-state index contributed by atoms with van der Waals surface area (Å²) in [4.78, 5) is 20.3.